The van der Waals surface area contributed by atoms with Crippen LogP contribution in [0.15, 0.2) is 97.1 Å². The zero-order chi connectivity index (χ0) is 29.8. The van der Waals surface area contributed by atoms with Gasteiger partial charge in [-0.3, -0.25) is 0 Å². The van der Waals surface area contributed by atoms with Crippen LogP contribution in [0, 0.1) is 13.8 Å². The van der Waals surface area contributed by atoms with E-state index in [1.54, 1.807) is 0 Å². The van der Waals surface area contributed by atoms with Gasteiger partial charge in [0.25, 0.3) is 0 Å². The first kappa shape index (κ1) is 31.6. The molecule has 0 bridgehead atoms. The van der Waals surface area contributed by atoms with Gasteiger partial charge in [0, 0.05) is 0 Å². The molecule has 0 saturated carbocycles. The van der Waals surface area contributed by atoms with Crippen molar-refractivity contribution in [3.05, 3.63) is 136 Å². The molecule has 1 heteroatoms. The van der Waals surface area contributed by atoms with Crippen molar-refractivity contribution in [2.75, 3.05) is 6.61 Å². The maximum Gasteiger partial charge on any atom is 0.122 e. The van der Waals surface area contributed by atoms with E-state index >= 15 is 0 Å². The average molecular weight is 561 g/mol. The van der Waals surface area contributed by atoms with Gasteiger partial charge in [-0.25, -0.2) is 0 Å². The normalized spacial score (nSPS) is 12.3. The number of benzene rings is 4. The summed E-state index contributed by atoms with van der Waals surface area (Å²) >= 11 is 0. The molecule has 0 amide bonds. The second-order valence-corrected chi connectivity index (χ2v) is 12.2. The van der Waals surface area contributed by atoms with Gasteiger partial charge in [0.1, 0.15) is 5.75 Å². The Hall–Kier alpha value is -3.32. The monoisotopic (exact) mass is 560 g/mol. The predicted molar refractivity (Wildman–Crippen MR) is 181 cm³/mol. The highest BCUT2D eigenvalue weighted by molar-refractivity contribution is 5.62. The third-order valence-corrected chi connectivity index (χ3v) is 8.95. The van der Waals surface area contributed by atoms with E-state index in [-0.39, 0.29) is 0 Å². The SMILES string of the molecule is CCCCCCCCCCOc1ccc(C(c2ccccc2)(c2cccc(C)c2)c2cccc(C)c2)cc1C(C)CC. The molecule has 1 nitrogen and oxygen atoms in total. The van der Waals surface area contributed by atoms with Gasteiger partial charge >= 0.3 is 0 Å². The fourth-order valence-electron chi connectivity index (χ4n) is 6.38. The highest BCUT2D eigenvalue weighted by Crippen LogP contribution is 2.47. The standard InChI is InChI=1S/C41H52O/c1-6-8-9-10-11-12-13-17-28-42-40-27-26-38(31-39(40)34(5)7-2)41(35-22-15-14-16-23-35,36-24-18-20-32(3)29-36)37-25-19-21-33(4)30-37/h14-16,18-27,29-31,34H,6-13,17,28H2,1-5H3. The number of unbranched alkanes of at least 4 members (excludes halogenated alkanes) is 7. The summed E-state index contributed by atoms with van der Waals surface area (Å²) in [6.45, 7) is 12.1. The highest BCUT2D eigenvalue weighted by Gasteiger charge is 2.39. The molecule has 0 saturated heterocycles. The van der Waals surface area contributed by atoms with Gasteiger partial charge < -0.3 is 4.74 Å². The van der Waals surface area contributed by atoms with Crippen LogP contribution >= 0.6 is 0 Å². The lowest BCUT2D eigenvalue weighted by molar-refractivity contribution is 0.299. The van der Waals surface area contributed by atoms with Gasteiger partial charge in [0.2, 0.25) is 0 Å². The summed E-state index contributed by atoms with van der Waals surface area (Å²) in [5.74, 6) is 1.45. The number of aryl methyl sites for hydroxylation is 2. The first-order valence-electron chi connectivity index (χ1n) is 16.5. The first-order valence-corrected chi connectivity index (χ1v) is 16.5. The van der Waals surface area contributed by atoms with Crippen LogP contribution in [-0.4, -0.2) is 6.61 Å². The highest BCUT2D eigenvalue weighted by atomic mass is 16.5. The van der Waals surface area contributed by atoms with E-state index < -0.39 is 5.41 Å². The van der Waals surface area contributed by atoms with Crippen LogP contribution in [0.3, 0.4) is 0 Å². The van der Waals surface area contributed by atoms with Crippen molar-refractivity contribution in [1.82, 2.24) is 0 Å². The van der Waals surface area contributed by atoms with Crippen LogP contribution < -0.4 is 4.74 Å². The minimum Gasteiger partial charge on any atom is -0.493 e. The summed E-state index contributed by atoms with van der Waals surface area (Å²) in [7, 11) is 0. The summed E-state index contributed by atoms with van der Waals surface area (Å²) < 4.78 is 6.53. The van der Waals surface area contributed by atoms with Crippen molar-refractivity contribution in [3.8, 4) is 5.75 Å². The smallest absolute Gasteiger partial charge is 0.122 e. The van der Waals surface area contributed by atoms with Crippen molar-refractivity contribution < 1.29 is 4.74 Å². The van der Waals surface area contributed by atoms with Gasteiger partial charge in [0.05, 0.1) is 12.0 Å². The molecule has 0 fully saturated rings. The van der Waals surface area contributed by atoms with Crippen LogP contribution in [0.2, 0.25) is 0 Å². The zero-order valence-electron chi connectivity index (χ0n) is 26.8. The predicted octanol–water partition coefficient (Wildman–Crippen LogP) is 11.7. The van der Waals surface area contributed by atoms with Gasteiger partial charge in [-0.15, -0.1) is 0 Å². The van der Waals surface area contributed by atoms with Gasteiger partial charge in [0.15, 0.2) is 0 Å². The molecule has 1 atom stereocenters. The molecule has 0 radical (unpaired) electrons. The number of rotatable bonds is 16. The number of ether oxygens (including phenoxy) is 1. The van der Waals surface area contributed by atoms with Crippen molar-refractivity contribution in [2.24, 2.45) is 0 Å². The Morgan fingerprint density at radius 3 is 1.69 bits per heavy atom. The lowest BCUT2D eigenvalue weighted by Crippen LogP contribution is -2.31. The Morgan fingerprint density at radius 1 is 0.571 bits per heavy atom. The van der Waals surface area contributed by atoms with Crippen LogP contribution in [0.1, 0.15) is 123 Å². The van der Waals surface area contributed by atoms with E-state index in [1.165, 1.54) is 83.9 Å². The van der Waals surface area contributed by atoms with E-state index in [9.17, 15) is 0 Å². The van der Waals surface area contributed by atoms with E-state index in [2.05, 4.69) is 132 Å². The van der Waals surface area contributed by atoms with E-state index in [1.807, 2.05) is 0 Å². The van der Waals surface area contributed by atoms with Crippen LogP contribution in [0.5, 0.6) is 5.75 Å². The van der Waals surface area contributed by atoms with Crippen molar-refractivity contribution in [1.29, 1.82) is 0 Å². The fourth-order valence-corrected chi connectivity index (χ4v) is 6.38. The summed E-state index contributed by atoms with van der Waals surface area (Å²) in [6.07, 6.45) is 11.6. The Morgan fingerprint density at radius 2 is 1.12 bits per heavy atom. The summed E-state index contributed by atoms with van der Waals surface area (Å²) in [6, 6.07) is 36.2. The lowest BCUT2D eigenvalue weighted by Gasteiger charge is -2.38. The molecule has 4 aromatic carbocycles. The zero-order valence-corrected chi connectivity index (χ0v) is 26.8. The van der Waals surface area contributed by atoms with Crippen molar-refractivity contribution in [2.45, 2.75) is 104 Å². The molecule has 0 aliphatic rings. The Balaban J connectivity index is 1.74. The maximum atomic E-state index is 6.53. The minimum atomic E-state index is -0.447. The molecule has 4 rings (SSSR count). The molecule has 0 aliphatic carbocycles. The Kier molecular flexibility index (Phi) is 11.9. The van der Waals surface area contributed by atoms with E-state index in [4.69, 9.17) is 4.74 Å². The molecular weight excluding hydrogens is 508 g/mol. The molecule has 42 heavy (non-hydrogen) atoms. The molecule has 0 aromatic heterocycles. The topological polar surface area (TPSA) is 9.23 Å². The van der Waals surface area contributed by atoms with Crippen LogP contribution in [0.25, 0.3) is 0 Å². The molecule has 0 heterocycles. The first-order chi connectivity index (χ1) is 20.5. The molecule has 0 spiro atoms. The summed E-state index contributed by atoms with van der Waals surface area (Å²) in [4.78, 5) is 0. The Labute approximate surface area is 256 Å². The van der Waals surface area contributed by atoms with Gasteiger partial charge in [-0.1, -0.05) is 168 Å². The summed E-state index contributed by atoms with van der Waals surface area (Å²) in [5, 5.41) is 0. The molecule has 4 aromatic rings. The van der Waals surface area contributed by atoms with Gasteiger partial charge in [-0.2, -0.15) is 0 Å². The van der Waals surface area contributed by atoms with Crippen LogP contribution in [0.4, 0.5) is 0 Å². The lowest BCUT2D eigenvalue weighted by atomic mass is 9.64. The number of hydrogen-bond acceptors (Lipinski definition) is 1. The van der Waals surface area contributed by atoms with E-state index in [0.717, 1.165) is 25.2 Å². The summed E-state index contributed by atoms with van der Waals surface area (Å²) in [5.41, 5.74) is 8.57. The maximum absolute atomic E-state index is 6.53. The molecule has 0 N–H and O–H groups in total. The number of hydrogen-bond donors (Lipinski definition) is 0. The second-order valence-electron chi connectivity index (χ2n) is 12.2. The average Bonchev–Trinajstić information content (AvgIpc) is 3.01. The molecule has 0 aliphatic heterocycles. The minimum absolute atomic E-state index is 0.405. The largest absolute Gasteiger partial charge is 0.493 e. The van der Waals surface area contributed by atoms with Crippen molar-refractivity contribution in [3.63, 3.8) is 0 Å². The second kappa shape index (κ2) is 15.8. The van der Waals surface area contributed by atoms with Gasteiger partial charge in [-0.05, 0) is 66.5 Å². The van der Waals surface area contributed by atoms with Crippen molar-refractivity contribution >= 4 is 0 Å². The quantitative estimate of drug-likeness (QED) is 0.0978. The van der Waals surface area contributed by atoms with Crippen LogP contribution in [-0.2, 0) is 5.41 Å². The molecule has 222 valence electrons. The molecule has 1 unspecified atom stereocenters. The third-order valence-electron chi connectivity index (χ3n) is 8.95. The Bertz CT molecular complexity index is 1320. The molecular formula is C41H52O. The third kappa shape index (κ3) is 7.54. The fraction of sp³-hybridized carbons (Fsp3) is 0.415. The van der Waals surface area contributed by atoms with E-state index in [0.29, 0.717) is 5.92 Å².